The van der Waals surface area contributed by atoms with Gasteiger partial charge in [0.05, 0.1) is 24.9 Å². The van der Waals surface area contributed by atoms with E-state index in [1.807, 2.05) is 13.8 Å². The van der Waals surface area contributed by atoms with Gasteiger partial charge in [0.1, 0.15) is 18.1 Å². The normalized spacial score (nSPS) is 19.4. The van der Waals surface area contributed by atoms with E-state index in [-0.39, 0.29) is 23.5 Å². The highest BCUT2D eigenvalue weighted by Gasteiger charge is 2.35. The summed E-state index contributed by atoms with van der Waals surface area (Å²) in [6.07, 6.45) is 2.52. The summed E-state index contributed by atoms with van der Waals surface area (Å²) in [7, 11) is 0. The summed E-state index contributed by atoms with van der Waals surface area (Å²) in [5.41, 5.74) is 8.68. The predicted molar refractivity (Wildman–Crippen MR) is 127 cm³/mol. The van der Waals surface area contributed by atoms with E-state index < -0.39 is 11.9 Å². The Kier molecular flexibility index (Phi) is 5.60. The van der Waals surface area contributed by atoms with Crippen LogP contribution in [0.4, 0.5) is 26.4 Å². The summed E-state index contributed by atoms with van der Waals surface area (Å²) in [5.74, 6) is 0.195. The van der Waals surface area contributed by atoms with Crippen molar-refractivity contribution in [3.8, 4) is 17.0 Å². The number of amides is 1. The Hall–Kier alpha value is -3.66. The van der Waals surface area contributed by atoms with E-state index in [1.165, 1.54) is 11.1 Å². The number of nitrogens with zero attached hydrogens (tertiary/aromatic N) is 3. The first kappa shape index (κ1) is 22.1. The minimum Gasteiger partial charge on any atom is -0.474 e. The maximum Gasteiger partial charge on any atom is 0.413 e. The first-order valence-electron chi connectivity index (χ1n) is 11.3. The molecule has 0 bridgehead atoms. The molecule has 34 heavy (non-hydrogen) atoms. The van der Waals surface area contributed by atoms with Gasteiger partial charge in [0, 0.05) is 41.4 Å². The second-order valence-electron chi connectivity index (χ2n) is 8.61. The minimum absolute atomic E-state index is 0.0193. The van der Waals surface area contributed by atoms with Crippen LogP contribution in [0.25, 0.3) is 21.9 Å². The van der Waals surface area contributed by atoms with Crippen LogP contribution < -0.4 is 20.7 Å². The number of halogens is 1. The molecule has 178 valence electrons. The average Bonchev–Trinajstić information content (AvgIpc) is 3.25. The molecular formula is C24H26FN5O4. The molecule has 1 saturated heterocycles. The van der Waals surface area contributed by atoms with Crippen LogP contribution >= 0.6 is 0 Å². The SMILES string of the molecule is CCc1c(-c2cc3cc(N(C(=O)O)[C@H]4COC[C@H]4C)ncc3c(N)c2F)cnc2c1NCCO2. The highest BCUT2D eigenvalue weighted by molar-refractivity contribution is 6.00. The minimum atomic E-state index is -1.12. The number of carboxylic acid groups (broad SMARTS) is 1. The number of nitrogens with one attached hydrogen (secondary N) is 1. The number of nitrogen functional groups attached to an aromatic ring is 1. The molecule has 9 nitrogen and oxygen atoms in total. The highest BCUT2D eigenvalue weighted by Crippen LogP contribution is 2.40. The Morgan fingerprint density at radius 3 is 2.82 bits per heavy atom. The zero-order valence-corrected chi connectivity index (χ0v) is 19.0. The number of anilines is 3. The molecule has 1 aromatic carbocycles. The number of fused-ring (bicyclic) bond motifs is 2. The quantitative estimate of drug-likeness (QED) is 0.494. The first-order chi connectivity index (χ1) is 16.4. The van der Waals surface area contributed by atoms with Crippen molar-refractivity contribution < 1.29 is 23.8 Å². The maximum atomic E-state index is 15.5. The van der Waals surface area contributed by atoms with Crippen LogP contribution in [-0.4, -0.2) is 53.6 Å². The van der Waals surface area contributed by atoms with Crippen LogP contribution in [0.5, 0.6) is 5.88 Å². The summed E-state index contributed by atoms with van der Waals surface area (Å²) in [6, 6.07) is 2.95. The van der Waals surface area contributed by atoms with Crippen LogP contribution in [0.3, 0.4) is 0 Å². The number of aromatic nitrogens is 2. The van der Waals surface area contributed by atoms with E-state index in [0.29, 0.717) is 60.6 Å². The summed E-state index contributed by atoms with van der Waals surface area (Å²) < 4.78 is 26.6. The topological polar surface area (TPSA) is 123 Å². The first-order valence-corrected chi connectivity index (χ1v) is 11.3. The largest absolute Gasteiger partial charge is 0.474 e. The van der Waals surface area contributed by atoms with E-state index in [0.717, 1.165) is 11.3 Å². The molecule has 2 aliphatic heterocycles. The van der Waals surface area contributed by atoms with E-state index in [4.69, 9.17) is 15.2 Å². The molecule has 2 atom stereocenters. The fourth-order valence-corrected chi connectivity index (χ4v) is 4.75. The molecule has 0 aliphatic carbocycles. The lowest BCUT2D eigenvalue weighted by atomic mass is 9.95. The second-order valence-corrected chi connectivity index (χ2v) is 8.61. The summed E-state index contributed by atoms with van der Waals surface area (Å²) in [5, 5.41) is 14.2. The number of carbonyl (C=O) groups is 1. The molecule has 4 heterocycles. The van der Waals surface area contributed by atoms with Crippen LogP contribution in [0.1, 0.15) is 19.4 Å². The standard InChI is InChI=1S/C24H26FN5O4/c1-3-14-17(9-29-23-22(14)27-4-5-34-23)15-6-13-7-19(28-8-16(13)21(26)20(15)25)30(24(31)32)18-11-33-10-12(18)2/h6-9,12,18,27H,3-5,10-11,26H2,1-2H3,(H,31,32)/t12-,18+/m1/s1. The van der Waals surface area contributed by atoms with Crippen molar-refractivity contribution in [2.45, 2.75) is 26.3 Å². The van der Waals surface area contributed by atoms with Gasteiger partial charge in [-0.15, -0.1) is 0 Å². The number of hydrogen-bond acceptors (Lipinski definition) is 7. The predicted octanol–water partition coefficient (Wildman–Crippen LogP) is 3.90. The molecule has 2 aliphatic rings. The summed E-state index contributed by atoms with van der Waals surface area (Å²) in [4.78, 5) is 22.0. The van der Waals surface area contributed by atoms with Crippen LogP contribution in [0.15, 0.2) is 24.5 Å². The van der Waals surface area contributed by atoms with Gasteiger partial charge in [-0.05, 0) is 29.5 Å². The van der Waals surface area contributed by atoms with E-state index >= 15 is 4.39 Å². The lowest BCUT2D eigenvalue weighted by molar-refractivity contribution is 0.181. The molecule has 1 fully saturated rings. The number of hydrogen-bond donors (Lipinski definition) is 3. The number of rotatable bonds is 4. The monoisotopic (exact) mass is 467 g/mol. The van der Waals surface area contributed by atoms with E-state index in [9.17, 15) is 9.90 Å². The Labute approximate surface area is 195 Å². The Balaban J connectivity index is 1.66. The maximum absolute atomic E-state index is 15.5. The molecule has 0 radical (unpaired) electrons. The Bertz CT molecular complexity index is 1280. The third-order valence-corrected chi connectivity index (χ3v) is 6.53. The summed E-state index contributed by atoms with van der Waals surface area (Å²) >= 11 is 0. The van der Waals surface area contributed by atoms with Gasteiger partial charge in [-0.1, -0.05) is 13.8 Å². The number of nitrogens with two attached hydrogens (primary N) is 1. The lowest BCUT2D eigenvalue weighted by Gasteiger charge is -2.27. The van der Waals surface area contributed by atoms with Gasteiger partial charge in [0.25, 0.3) is 0 Å². The molecule has 2 aromatic heterocycles. The zero-order valence-electron chi connectivity index (χ0n) is 19.0. The fourth-order valence-electron chi connectivity index (χ4n) is 4.75. The van der Waals surface area contributed by atoms with Crippen molar-refractivity contribution >= 4 is 34.1 Å². The molecule has 0 unspecified atom stereocenters. The molecule has 5 rings (SSSR count). The van der Waals surface area contributed by atoms with Gasteiger partial charge < -0.3 is 25.6 Å². The number of pyridine rings is 2. The fraction of sp³-hybridized carbons (Fsp3) is 0.375. The number of benzene rings is 1. The molecular weight excluding hydrogens is 441 g/mol. The lowest BCUT2D eigenvalue weighted by Crippen LogP contribution is -2.43. The van der Waals surface area contributed by atoms with Crippen molar-refractivity contribution in [2.24, 2.45) is 5.92 Å². The highest BCUT2D eigenvalue weighted by atomic mass is 19.1. The van der Waals surface area contributed by atoms with Gasteiger partial charge >= 0.3 is 6.09 Å². The van der Waals surface area contributed by atoms with Crippen molar-refractivity contribution in [3.05, 3.63) is 35.9 Å². The third kappa shape index (κ3) is 3.54. The summed E-state index contributed by atoms with van der Waals surface area (Å²) in [6.45, 7) is 5.84. The molecule has 4 N–H and O–H groups in total. The van der Waals surface area contributed by atoms with Gasteiger partial charge in [-0.3, -0.25) is 4.90 Å². The van der Waals surface area contributed by atoms with Gasteiger partial charge in [0.2, 0.25) is 5.88 Å². The van der Waals surface area contributed by atoms with Crippen LogP contribution in [0.2, 0.25) is 0 Å². The van der Waals surface area contributed by atoms with Crippen molar-refractivity contribution in [2.75, 3.05) is 42.3 Å². The zero-order chi connectivity index (χ0) is 24.0. The van der Waals surface area contributed by atoms with Gasteiger partial charge in [-0.25, -0.2) is 19.2 Å². The smallest absolute Gasteiger partial charge is 0.413 e. The van der Waals surface area contributed by atoms with Crippen molar-refractivity contribution in [1.29, 1.82) is 0 Å². The molecule has 10 heteroatoms. The third-order valence-electron chi connectivity index (χ3n) is 6.53. The van der Waals surface area contributed by atoms with Gasteiger partial charge in [-0.2, -0.15) is 0 Å². The van der Waals surface area contributed by atoms with Crippen molar-refractivity contribution in [1.82, 2.24) is 9.97 Å². The molecule has 0 spiro atoms. The van der Waals surface area contributed by atoms with E-state index in [2.05, 4.69) is 15.3 Å². The molecule has 3 aromatic rings. The van der Waals surface area contributed by atoms with Crippen LogP contribution in [-0.2, 0) is 11.2 Å². The molecule has 1 amide bonds. The second kappa shape index (κ2) is 8.60. The molecule has 0 saturated carbocycles. The average molecular weight is 468 g/mol. The van der Waals surface area contributed by atoms with E-state index in [1.54, 1.807) is 18.3 Å². The van der Waals surface area contributed by atoms with Crippen molar-refractivity contribution in [3.63, 3.8) is 0 Å². The van der Waals surface area contributed by atoms with Crippen LogP contribution in [0, 0.1) is 11.7 Å². The Morgan fingerprint density at radius 1 is 1.29 bits per heavy atom. The Morgan fingerprint density at radius 2 is 2.12 bits per heavy atom. The number of ether oxygens (including phenoxy) is 2. The van der Waals surface area contributed by atoms with Gasteiger partial charge in [0.15, 0.2) is 5.82 Å².